The van der Waals surface area contributed by atoms with Gasteiger partial charge in [-0.3, -0.25) is 9.59 Å². The number of hydrogen-bond acceptors (Lipinski definition) is 3. The topological polar surface area (TPSA) is 61.4 Å². The first kappa shape index (κ1) is 15.8. The van der Waals surface area contributed by atoms with E-state index in [4.69, 9.17) is 0 Å². The van der Waals surface area contributed by atoms with Crippen molar-refractivity contribution in [2.45, 2.75) is 64.0 Å². The number of amides is 2. The fraction of sp³-hybridized carbons (Fsp3) is 0.882. The molecule has 0 aromatic rings. The molecule has 1 aliphatic carbocycles. The molecule has 5 nitrogen and oxygen atoms in total. The van der Waals surface area contributed by atoms with E-state index in [0.29, 0.717) is 18.3 Å². The van der Waals surface area contributed by atoms with Crippen molar-refractivity contribution in [3.63, 3.8) is 0 Å². The molecule has 2 N–H and O–H groups in total. The van der Waals surface area contributed by atoms with Crippen molar-refractivity contribution in [3.8, 4) is 0 Å². The molecule has 0 radical (unpaired) electrons. The van der Waals surface area contributed by atoms with E-state index in [1.54, 1.807) is 0 Å². The Labute approximate surface area is 133 Å². The molecular weight excluding hydrogens is 278 g/mol. The van der Waals surface area contributed by atoms with Gasteiger partial charge in [-0.15, -0.1) is 0 Å². The average Bonchev–Trinajstić information content (AvgIpc) is 2.54. The maximum Gasteiger partial charge on any atom is 0.239 e. The Morgan fingerprint density at radius 1 is 1.27 bits per heavy atom. The Morgan fingerprint density at radius 2 is 2.09 bits per heavy atom. The molecule has 0 aromatic heterocycles. The standard InChI is InChI=1S/C17H29N3O2/c1-12(13-5-4-8-18-10-13)9-17(22)20-11-16(21)19-14-6-2-3-7-15(14)20/h12-15,18H,2-11H2,1H3,(H,19,21). The van der Waals surface area contributed by atoms with Crippen LogP contribution in [0.3, 0.4) is 0 Å². The van der Waals surface area contributed by atoms with Gasteiger partial charge in [0.1, 0.15) is 0 Å². The molecule has 3 fully saturated rings. The SMILES string of the molecule is CC(CC(=O)N1CC(=O)NC2CCCCC21)C1CCCNC1. The summed E-state index contributed by atoms with van der Waals surface area (Å²) in [6.45, 7) is 4.59. The van der Waals surface area contributed by atoms with Crippen LogP contribution in [0.1, 0.15) is 51.9 Å². The number of hydrogen-bond donors (Lipinski definition) is 2. The summed E-state index contributed by atoms with van der Waals surface area (Å²) in [5, 5.41) is 6.51. The van der Waals surface area contributed by atoms with E-state index in [-0.39, 0.29) is 30.4 Å². The van der Waals surface area contributed by atoms with Gasteiger partial charge in [-0.2, -0.15) is 0 Å². The fourth-order valence-electron chi connectivity index (χ4n) is 4.37. The maximum absolute atomic E-state index is 12.8. The number of piperazine rings is 1. The summed E-state index contributed by atoms with van der Waals surface area (Å²) in [6, 6.07) is 0.418. The summed E-state index contributed by atoms with van der Waals surface area (Å²) in [5.41, 5.74) is 0. The molecule has 124 valence electrons. The molecule has 2 amide bonds. The summed E-state index contributed by atoms with van der Waals surface area (Å²) in [6.07, 6.45) is 7.39. The van der Waals surface area contributed by atoms with Crippen LogP contribution in [0.15, 0.2) is 0 Å². The van der Waals surface area contributed by atoms with Crippen LogP contribution in [0.5, 0.6) is 0 Å². The van der Waals surface area contributed by atoms with Crippen LogP contribution in [0, 0.1) is 11.8 Å². The maximum atomic E-state index is 12.8. The molecule has 0 bridgehead atoms. The van der Waals surface area contributed by atoms with E-state index in [0.717, 1.165) is 32.4 Å². The first-order chi connectivity index (χ1) is 10.6. The fourth-order valence-corrected chi connectivity index (χ4v) is 4.37. The van der Waals surface area contributed by atoms with Gasteiger partial charge < -0.3 is 15.5 Å². The van der Waals surface area contributed by atoms with E-state index in [9.17, 15) is 9.59 Å². The van der Waals surface area contributed by atoms with Crippen LogP contribution in [0.2, 0.25) is 0 Å². The number of piperidine rings is 1. The Morgan fingerprint density at radius 3 is 2.86 bits per heavy atom. The van der Waals surface area contributed by atoms with Crippen molar-refractivity contribution in [3.05, 3.63) is 0 Å². The van der Waals surface area contributed by atoms with Crippen LogP contribution >= 0.6 is 0 Å². The highest BCUT2D eigenvalue weighted by molar-refractivity contribution is 5.86. The minimum Gasteiger partial charge on any atom is -0.350 e. The third-order valence-corrected chi connectivity index (χ3v) is 5.75. The lowest BCUT2D eigenvalue weighted by atomic mass is 9.84. The molecule has 0 spiro atoms. The molecule has 22 heavy (non-hydrogen) atoms. The molecule has 1 saturated carbocycles. The number of carbonyl (C=O) groups excluding carboxylic acids is 2. The second-order valence-corrected chi connectivity index (χ2v) is 7.34. The number of nitrogens with one attached hydrogen (secondary N) is 2. The number of fused-ring (bicyclic) bond motifs is 1. The molecule has 4 unspecified atom stereocenters. The third-order valence-electron chi connectivity index (χ3n) is 5.75. The highest BCUT2D eigenvalue weighted by Crippen LogP contribution is 2.28. The van der Waals surface area contributed by atoms with Crippen LogP contribution < -0.4 is 10.6 Å². The molecule has 2 aliphatic heterocycles. The Balaban J connectivity index is 1.60. The van der Waals surface area contributed by atoms with Crippen molar-refractivity contribution in [1.29, 1.82) is 0 Å². The summed E-state index contributed by atoms with van der Waals surface area (Å²) in [4.78, 5) is 26.6. The summed E-state index contributed by atoms with van der Waals surface area (Å²) in [5.74, 6) is 1.19. The minimum absolute atomic E-state index is 0.0171. The summed E-state index contributed by atoms with van der Waals surface area (Å²) in [7, 11) is 0. The highest BCUT2D eigenvalue weighted by Gasteiger charge is 2.39. The molecular formula is C17H29N3O2. The number of nitrogens with zero attached hydrogens (tertiary/aromatic N) is 1. The second-order valence-electron chi connectivity index (χ2n) is 7.34. The predicted molar refractivity (Wildman–Crippen MR) is 85.3 cm³/mol. The van der Waals surface area contributed by atoms with Crippen LogP contribution in [-0.4, -0.2) is 48.4 Å². The van der Waals surface area contributed by atoms with Crippen molar-refractivity contribution in [1.82, 2.24) is 15.5 Å². The number of rotatable bonds is 3. The van der Waals surface area contributed by atoms with Gasteiger partial charge in [0.05, 0.1) is 12.6 Å². The van der Waals surface area contributed by atoms with Crippen molar-refractivity contribution < 1.29 is 9.59 Å². The first-order valence-electron chi connectivity index (χ1n) is 8.94. The minimum atomic E-state index is 0.0171. The van der Waals surface area contributed by atoms with Gasteiger partial charge in [0.25, 0.3) is 0 Å². The van der Waals surface area contributed by atoms with E-state index in [1.807, 2.05) is 4.90 Å². The molecule has 2 saturated heterocycles. The Kier molecular flexibility index (Phi) is 5.01. The Bertz CT molecular complexity index is 420. The molecule has 2 heterocycles. The molecule has 3 aliphatic rings. The quantitative estimate of drug-likeness (QED) is 0.826. The van der Waals surface area contributed by atoms with E-state index in [1.165, 1.54) is 19.3 Å². The predicted octanol–water partition coefficient (Wildman–Crippen LogP) is 1.28. The van der Waals surface area contributed by atoms with E-state index < -0.39 is 0 Å². The zero-order chi connectivity index (χ0) is 15.5. The average molecular weight is 307 g/mol. The molecule has 5 heteroatoms. The van der Waals surface area contributed by atoms with Gasteiger partial charge in [-0.25, -0.2) is 0 Å². The normalized spacial score (nSPS) is 33.8. The van der Waals surface area contributed by atoms with Gasteiger partial charge in [-0.1, -0.05) is 19.8 Å². The van der Waals surface area contributed by atoms with Crippen LogP contribution in [0.4, 0.5) is 0 Å². The van der Waals surface area contributed by atoms with Crippen molar-refractivity contribution in [2.24, 2.45) is 11.8 Å². The van der Waals surface area contributed by atoms with Gasteiger partial charge in [-0.05, 0) is 50.6 Å². The molecule has 4 atom stereocenters. The third kappa shape index (κ3) is 3.45. The van der Waals surface area contributed by atoms with Gasteiger partial charge >= 0.3 is 0 Å². The lowest BCUT2D eigenvalue weighted by Crippen LogP contribution is -2.63. The lowest BCUT2D eigenvalue weighted by Gasteiger charge is -2.44. The number of carbonyl (C=O) groups is 2. The zero-order valence-corrected chi connectivity index (χ0v) is 13.6. The molecule has 3 rings (SSSR count). The largest absolute Gasteiger partial charge is 0.350 e. The van der Waals surface area contributed by atoms with Crippen LogP contribution in [0.25, 0.3) is 0 Å². The summed E-state index contributed by atoms with van der Waals surface area (Å²) < 4.78 is 0. The monoisotopic (exact) mass is 307 g/mol. The Hall–Kier alpha value is -1.10. The van der Waals surface area contributed by atoms with Gasteiger partial charge in [0.15, 0.2) is 0 Å². The van der Waals surface area contributed by atoms with Gasteiger partial charge in [0, 0.05) is 12.5 Å². The van der Waals surface area contributed by atoms with E-state index >= 15 is 0 Å². The highest BCUT2D eigenvalue weighted by atomic mass is 16.2. The van der Waals surface area contributed by atoms with Crippen molar-refractivity contribution in [2.75, 3.05) is 19.6 Å². The van der Waals surface area contributed by atoms with Crippen LogP contribution in [-0.2, 0) is 9.59 Å². The van der Waals surface area contributed by atoms with Crippen molar-refractivity contribution >= 4 is 11.8 Å². The first-order valence-corrected chi connectivity index (χ1v) is 8.94. The summed E-state index contributed by atoms with van der Waals surface area (Å²) >= 11 is 0. The smallest absolute Gasteiger partial charge is 0.239 e. The second kappa shape index (κ2) is 6.99. The van der Waals surface area contributed by atoms with Gasteiger partial charge in [0.2, 0.25) is 11.8 Å². The zero-order valence-electron chi connectivity index (χ0n) is 13.6. The molecule has 0 aromatic carbocycles. The van der Waals surface area contributed by atoms with E-state index in [2.05, 4.69) is 17.6 Å². The lowest BCUT2D eigenvalue weighted by molar-refractivity contribution is -0.145.